The van der Waals surface area contributed by atoms with E-state index in [9.17, 15) is 8.78 Å². The molecule has 2 heterocycles. The number of halogens is 2. The van der Waals surface area contributed by atoms with Gasteiger partial charge in [0.2, 0.25) is 5.88 Å². The highest BCUT2D eigenvalue weighted by Gasteiger charge is 2.07. The Morgan fingerprint density at radius 1 is 1.29 bits per heavy atom. The Labute approximate surface area is 125 Å². The van der Waals surface area contributed by atoms with Gasteiger partial charge in [-0.05, 0) is 25.1 Å². The molecule has 2 rings (SSSR count). The maximum absolute atomic E-state index is 12.1. The molecule has 2 aromatic heterocycles. The Bertz CT molecular complexity index is 546. The van der Waals surface area contributed by atoms with E-state index in [0.717, 1.165) is 5.69 Å². The molecule has 0 amide bonds. The van der Waals surface area contributed by atoms with Crippen LogP contribution in [0.3, 0.4) is 0 Å². The Kier molecular flexibility index (Phi) is 5.86. The molecule has 0 aliphatic carbocycles. The molecule has 0 aliphatic rings. The van der Waals surface area contributed by atoms with Crippen molar-refractivity contribution in [2.24, 2.45) is 0 Å². The van der Waals surface area contributed by atoms with Gasteiger partial charge in [0.15, 0.2) is 0 Å². The van der Waals surface area contributed by atoms with Crippen molar-refractivity contribution in [2.45, 2.75) is 25.0 Å². The molecule has 0 spiro atoms. The topological polar surface area (TPSA) is 47.3 Å². The molecule has 0 unspecified atom stereocenters. The summed E-state index contributed by atoms with van der Waals surface area (Å²) in [6, 6.07) is 7.12. The van der Waals surface area contributed by atoms with Gasteiger partial charge in [0.1, 0.15) is 11.5 Å². The molecular weight excluding hydrogens is 298 g/mol. The van der Waals surface area contributed by atoms with Crippen molar-refractivity contribution in [1.82, 2.24) is 4.98 Å². The zero-order valence-corrected chi connectivity index (χ0v) is 12.3. The van der Waals surface area contributed by atoms with Gasteiger partial charge in [-0.15, -0.1) is 0 Å². The summed E-state index contributed by atoms with van der Waals surface area (Å²) in [7, 11) is 0. The summed E-state index contributed by atoms with van der Waals surface area (Å²) in [6.07, 6.45) is 1.67. The van der Waals surface area contributed by atoms with E-state index in [1.165, 1.54) is 0 Å². The van der Waals surface area contributed by atoms with Crippen LogP contribution in [0.15, 0.2) is 34.9 Å². The number of anilines is 1. The van der Waals surface area contributed by atoms with E-state index in [1.807, 2.05) is 13.0 Å². The summed E-state index contributed by atoms with van der Waals surface area (Å²) in [6.45, 7) is 2.94. The number of hydrogen-bond donors (Lipinski definition) is 1. The van der Waals surface area contributed by atoms with Crippen LogP contribution < -0.4 is 10.1 Å². The van der Waals surface area contributed by atoms with Crippen molar-refractivity contribution < 1.29 is 17.9 Å². The van der Waals surface area contributed by atoms with Crippen molar-refractivity contribution in [3.05, 3.63) is 42.0 Å². The summed E-state index contributed by atoms with van der Waals surface area (Å²) < 4.78 is 34.9. The maximum Gasteiger partial charge on any atom is 0.284 e. The lowest BCUT2D eigenvalue weighted by Gasteiger charge is -2.05. The normalized spacial score (nSPS) is 10.9. The second-order valence-electron chi connectivity index (χ2n) is 4.11. The zero-order chi connectivity index (χ0) is 15.1. The first kappa shape index (κ1) is 15.6. The number of thioether (sulfide) groups is 1. The Morgan fingerprint density at radius 2 is 2.10 bits per heavy atom. The molecule has 0 radical (unpaired) electrons. The van der Waals surface area contributed by atoms with Gasteiger partial charge in [-0.3, -0.25) is 0 Å². The van der Waals surface area contributed by atoms with E-state index in [4.69, 9.17) is 9.15 Å². The first-order valence-corrected chi connectivity index (χ1v) is 7.52. The van der Waals surface area contributed by atoms with Crippen molar-refractivity contribution in [3.63, 3.8) is 0 Å². The van der Waals surface area contributed by atoms with Gasteiger partial charge in [0.25, 0.3) is 5.76 Å². The van der Waals surface area contributed by atoms with E-state index in [0.29, 0.717) is 42.3 Å². The molecule has 2 aromatic rings. The minimum atomic E-state index is -2.38. The number of hydrogen-bond acceptors (Lipinski definition) is 5. The lowest BCUT2D eigenvalue weighted by molar-refractivity contribution is 0.251. The van der Waals surface area contributed by atoms with Crippen molar-refractivity contribution in [3.8, 4) is 5.88 Å². The minimum absolute atomic E-state index is 0.169. The molecule has 21 heavy (non-hydrogen) atoms. The zero-order valence-electron chi connectivity index (χ0n) is 11.5. The fourth-order valence-corrected chi connectivity index (χ4v) is 2.09. The molecule has 0 fully saturated rings. The lowest BCUT2D eigenvalue weighted by Crippen LogP contribution is -1.99. The minimum Gasteiger partial charge on any atom is -0.478 e. The Morgan fingerprint density at radius 3 is 2.76 bits per heavy atom. The molecular formula is C14H16F2N2O2S. The van der Waals surface area contributed by atoms with Gasteiger partial charge in [0.05, 0.1) is 30.8 Å². The molecule has 1 N–H and O–H groups in total. The third-order valence-electron chi connectivity index (χ3n) is 2.56. The lowest BCUT2D eigenvalue weighted by atomic mass is 10.4. The van der Waals surface area contributed by atoms with Gasteiger partial charge in [0, 0.05) is 6.07 Å². The monoisotopic (exact) mass is 314 g/mol. The predicted octanol–water partition coefficient (Wildman–Crippen LogP) is 4.14. The van der Waals surface area contributed by atoms with Gasteiger partial charge < -0.3 is 14.5 Å². The highest BCUT2D eigenvalue weighted by molar-refractivity contribution is 7.98. The summed E-state index contributed by atoms with van der Waals surface area (Å²) >= 11 is 0.547. The van der Waals surface area contributed by atoms with Crippen LogP contribution in [-0.2, 0) is 12.3 Å². The number of nitrogens with one attached hydrogen (secondary N) is 1. The highest BCUT2D eigenvalue weighted by Crippen LogP contribution is 2.21. The molecule has 4 nitrogen and oxygen atoms in total. The van der Waals surface area contributed by atoms with Crippen LogP contribution in [0.25, 0.3) is 0 Å². The number of pyridine rings is 1. The number of alkyl halides is 2. The first-order valence-electron chi connectivity index (χ1n) is 6.47. The van der Waals surface area contributed by atoms with Gasteiger partial charge in [-0.2, -0.15) is 8.78 Å². The van der Waals surface area contributed by atoms with Crippen LogP contribution in [-0.4, -0.2) is 17.3 Å². The van der Waals surface area contributed by atoms with Crippen molar-refractivity contribution >= 4 is 17.4 Å². The molecule has 114 valence electrons. The van der Waals surface area contributed by atoms with Crippen molar-refractivity contribution in [1.29, 1.82) is 0 Å². The van der Waals surface area contributed by atoms with E-state index in [2.05, 4.69) is 10.3 Å². The summed E-state index contributed by atoms with van der Waals surface area (Å²) in [4.78, 5) is 4.13. The van der Waals surface area contributed by atoms with E-state index in [-0.39, 0.29) is 5.75 Å². The van der Waals surface area contributed by atoms with Crippen LogP contribution in [0.5, 0.6) is 5.88 Å². The van der Waals surface area contributed by atoms with Gasteiger partial charge >= 0.3 is 0 Å². The van der Waals surface area contributed by atoms with Gasteiger partial charge in [-0.1, -0.05) is 11.8 Å². The van der Waals surface area contributed by atoms with E-state index < -0.39 is 5.76 Å². The number of aromatic nitrogens is 1. The fourth-order valence-electron chi connectivity index (χ4n) is 1.65. The summed E-state index contributed by atoms with van der Waals surface area (Å²) in [5, 5.41) is 3.14. The second kappa shape index (κ2) is 7.87. The maximum atomic E-state index is 12.1. The molecule has 0 bridgehead atoms. The molecule has 0 saturated heterocycles. The van der Waals surface area contributed by atoms with E-state index >= 15 is 0 Å². The quantitative estimate of drug-likeness (QED) is 0.793. The second-order valence-corrected chi connectivity index (χ2v) is 5.09. The van der Waals surface area contributed by atoms with Crippen LogP contribution >= 0.6 is 11.8 Å². The summed E-state index contributed by atoms with van der Waals surface area (Å²) in [5.41, 5.74) is 0.832. The standard InChI is InChI=1S/C14H16F2N2O2S/c1-2-19-13-6-3-10(7-18-13)17-8-11-4-5-12(20-11)9-21-14(15)16/h3-7,14,17H,2,8-9H2,1H3. The first-order chi connectivity index (χ1) is 10.2. The number of ether oxygens (including phenoxy) is 1. The van der Waals surface area contributed by atoms with Crippen molar-refractivity contribution in [2.75, 3.05) is 11.9 Å². The smallest absolute Gasteiger partial charge is 0.284 e. The third kappa shape index (κ3) is 5.26. The van der Waals surface area contributed by atoms with Crippen LogP contribution in [0.4, 0.5) is 14.5 Å². The fraction of sp³-hybridized carbons (Fsp3) is 0.357. The van der Waals surface area contributed by atoms with Gasteiger partial charge in [-0.25, -0.2) is 4.98 Å². The molecule has 0 saturated carbocycles. The van der Waals surface area contributed by atoms with E-state index in [1.54, 1.807) is 24.4 Å². The molecule has 7 heteroatoms. The number of furan rings is 1. The SMILES string of the molecule is CCOc1ccc(NCc2ccc(CSC(F)F)o2)cn1. The summed E-state index contributed by atoms with van der Waals surface area (Å²) in [5.74, 6) is -0.405. The van der Waals surface area contributed by atoms with Crippen LogP contribution in [0, 0.1) is 0 Å². The number of rotatable bonds is 8. The average molecular weight is 314 g/mol. The largest absolute Gasteiger partial charge is 0.478 e. The average Bonchev–Trinajstić information content (AvgIpc) is 2.93. The van der Waals surface area contributed by atoms with Crippen LogP contribution in [0.1, 0.15) is 18.4 Å². The Balaban J connectivity index is 1.82. The van der Waals surface area contributed by atoms with Crippen LogP contribution in [0.2, 0.25) is 0 Å². The molecule has 0 atom stereocenters. The molecule has 0 aliphatic heterocycles. The highest BCUT2D eigenvalue weighted by atomic mass is 32.2. The molecule has 0 aromatic carbocycles. The third-order valence-corrected chi connectivity index (χ3v) is 3.27. The number of nitrogens with zero attached hydrogens (tertiary/aromatic N) is 1. The predicted molar refractivity (Wildman–Crippen MR) is 78.7 cm³/mol. The Hall–Kier alpha value is -1.76.